The van der Waals surface area contributed by atoms with Crippen molar-refractivity contribution in [2.75, 3.05) is 18.0 Å². The number of ether oxygens (including phenoxy) is 1. The highest BCUT2D eigenvalue weighted by atomic mass is 32.2. The van der Waals surface area contributed by atoms with Gasteiger partial charge in [0.2, 0.25) is 0 Å². The van der Waals surface area contributed by atoms with E-state index in [1.807, 2.05) is 26.0 Å². The number of hydrogen-bond donors (Lipinski definition) is 1. The second kappa shape index (κ2) is 9.87. The second-order valence-corrected chi connectivity index (χ2v) is 9.67. The zero-order valence-corrected chi connectivity index (χ0v) is 19.5. The molecule has 3 aromatic carbocycles. The van der Waals surface area contributed by atoms with Gasteiger partial charge in [-0.05, 0) is 73.9 Å². The molecule has 0 aromatic heterocycles. The predicted octanol–water partition coefficient (Wildman–Crippen LogP) is 4.38. The minimum Gasteiger partial charge on any atom is -0.484 e. The number of aryl methyl sites for hydroxylation is 2. The predicted molar refractivity (Wildman–Crippen MR) is 126 cm³/mol. The number of hydrogen-bond acceptors (Lipinski definition) is 4. The van der Waals surface area contributed by atoms with Gasteiger partial charge in [-0.3, -0.25) is 9.10 Å². The van der Waals surface area contributed by atoms with Gasteiger partial charge in [-0.25, -0.2) is 8.42 Å². The van der Waals surface area contributed by atoms with E-state index >= 15 is 0 Å². The molecule has 1 atom stereocenters. The van der Waals surface area contributed by atoms with Crippen LogP contribution in [0.5, 0.6) is 5.75 Å². The van der Waals surface area contributed by atoms with E-state index in [1.165, 1.54) is 22.5 Å². The van der Waals surface area contributed by atoms with Crippen molar-refractivity contribution in [3.8, 4) is 5.75 Å². The van der Waals surface area contributed by atoms with E-state index in [0.717, 1.165) is 5.56 Å². The molecule has 3 aromatic rings. The molecule has 0 spiro atoms. The van der Waals surface area contributed by atoms with E-state index in [2.05, 4.69) is 18.3 Å². The number of carbonyl (C=O) groups is 1. The number of rotatable bonds is 8. The number of nitrogens with zero attached hydrogens (tertiary/aromatic N) is 1. The Hall–Kier alpha value is -3.32. The van der Waals surface area contributed by atoms with Crippen molar-refractivity contribution in [1.29, 1.82) is 0 Å². The SMILES string of the molecule is Cc1ccc(C(C)NC(=O)COc2ccc(N(C)S(=O)(=O)c3ccccc3)cc2)cc1C. The van der Waals surface area contributed by atoms with Crippen molar-refractivity contribution < 1.29 is 17.9 Å². The Labute approximate surface area is 189 Å². The lowest BCUT2D eigenvalue weighted by molar-refractivity contribution is -0.123. The van der Waals surface area contributed by atoms with Gasteiger partial charge in [0.25, 0.3) is 15.9 Å². The molecule has 32 heavy (non-hydrogen) atoms. The molecule has 0 radical (unpaired) electrons. The normalized spacial score (nSPS) is 12.1. The highest BCUT2D eigenvalue weighted by Crippen LogP contribution is 2.24. The Kier molecular flexibility index (Phi) is 7.20. The van der Waals surface area contributed by atoms with Crippen LogP contribution in [0.3, 0.4) is 0 Å². The molecule has 0 fully saturated rings. The molecule has 0 bridgehead atoms. The van der Waals surface area contributed by atoms with Crippen LogP contribution in [-0.4, -0.2) is 28.0 Å². The Balaban J connectivity index is 1.57. The first-order valence-electron chi connectivity index (χ1n) is 10.3. The Morgan fingerprint density at radius 3 is 2.25 bits per heavy atom. The van der Waals surface area contributed by atoms with E-state index in [0.29, 0.717) is 11.4 Å². The maximum Gasteiger partial charge on any atom is 0.264 e. The molecule has 0 aliphatic carbocycles. The van der Waals surface area contributed by atoms with Gasteiger partial charge < -0.3 is 10.1 Å². The molecule has 0 saturated heterocycles. The molecular weight excluding hydrogens is 424 g/mol. The summed E-state index contributed by atoms with van der Waals surface area (Å²) in [5.41, 5.74) is 3.92. The summed E-state index contributed by atoms with van der Waals surface area (Å²) in [7, 11) is -2.15. The minimum atomic E-state index is -3.65. The van der Waals surface area contributed by atoms with Crippen LogP contribution < -0.4 is 14.4 Å². The fraction of sp³-hybridized carbons (Fsp3) is 0.240. The zero-order valence-electron chi connectivity index (χ0n) is 18.7. The molecule has 168 valence electrons. The average molecular weight is 453 g/mol. The van der Waals surface area contributed by atoms with Crippen molar-refractivity contribution in [2.24, 2.45) is 0 Å². The second-order valence-electron chi connectivity index (χ2n) is 7.70. The van der Waals surface area contributed by atoms with E-state index < -0.39 is 10.0 Å². The first-order valence-corrected chi connectivity index (χ1v) is 11.8. The summed E-state index contributed by atoms with van der Waals surface area (Å²) < 4.78 is 32.3. The first kappa shape index (κ1) is 23.3. The molecule has 6 nitrogen and oxygen atoms in total. The Bertz CT molecular complexity index is 1180. The first-order chi connectivity index (χ1) is 15.2. The number of anilines is 1. The summed E-state index contributed by atoms with van der Waals surface area (Å²) in [6.07, 6.45) is 0. The molecule has 1 unspecified atom stereocenters. The topological polar surface area (TPSA) is 75.7 Å². The van der Waals surface area contributed by atoms with E-state index in [9.17, 15) is 13.2 Å². The zero-order chi connectivity index (χ0) is 23.3. The van der Waals surface area contributed by atoms with Crippen LogP contribution in [0.25, 0.3) is 0 Å². The minimum absolute atomic E-state index is 0.132. The van der Waals surface area contributed by atoms with Crippen LogP contribution in [0, 0.1) is 13.8 Å². The smallest absolute Gasteiger partial charge is 0.264 e. The summed E-state index contributed by atoms with van der Waals surface area (Å²) in [5.74, 6) is 0.247. The number of sulfonamides is 1. The summed E-state index contributed by atoms with van der Waals surface area (Å²) in [6, 6.07) is 20.8. The highest BCUT2D eigenvalue weighted by Gasteiger charge is 2.21. The molecule has 3 rings (SSSR count). The van der Waals surface area contributed by atoms with Crippen LogP contribution in [-0.2, 0) is 14.8 Å². The third-order valence-corrected chi connectivity index (χ3v) is 7.18. The number of nitrogens with one attached hydrogen (secondary N) is 1. The number of benzene rings is 3. The molecular formula is C25H28N2O4S. The molecule has 0 saturated carbocycles. The van der Waals surface area contributed by atoms with Crippen molar-refractivity contribution in [1.82, 2.24) is 5.32 Å². The van der Waals surface area contributed by atoms with Crippen LogP contribution in [0.4, 0.5) is 5.69 Å². The van der Waals surface area contributed by atoms with E-state index in [4.69, 9.17) is 4.74 Å². The van der Waals surface area contributed by atoms with Gasteiger partial charge in [0.15, 0.2) is 6.61 Å². The molecule has 0 aliphatic heterocycles. The lowest BCUT2D eigenvalue weighted by Crippen LogP contribution is -2.31. The van der Waals surface area contributed by atoms with Gasteiger partial charge in [0.1, 0.15) is 5.75 Å². The third-order valence-electron chi connectivity index (χ3n) is 5.38. The average Bonchev–Trinajstić information content (AvgIpc) is 2.80. The van der Waals surface area contributed by atoms with Crippen molar-refractivity contribution in [3.63, 3.8) is 0 Å². The number of amides is 1. The lowest BCUT2D eigenvalue weighted by atomic mass is 10.0. The van der Waals surface area contributed by atoms with Gasteiger partial charge in [-0.2, -0.15) is 0 Å². The van der Waals surface area contributed by atoms with E-state index in [-0.39, 0.29) is 23.5 Å². The summed E-state index contributed by atoms with van der Waals surface area (Å²) >= 11 is 0. The standard InChI is InChI=1S/C25H28N2O4S/c1-18-10-11-21(16-19(18)2)20(3)26-25(28)17-31-23-14-12-22(13-15-23)27(4)32(29,30)24-8-6-5-7-9-24/h5-16,20H,17H2,1-4H3,(H,26,28). The van der Waals surface area contributed by atoms with E-state index in [1.54, 1.807) is 54.6 Å². The largest absolute Gasteiger partial charge is 0.484 e. The maximum absolute atomic E-state index is 12.7. The van der Waals surface area contributed by atoms with Crippen molar-refractivity contribution >= 4 is 21.6 Å². The summed E-state index contributed by atoms with van der Waals surface area (Å²) in [6.45, 7) is 5.89. The maximum atomic E-state index is 12.7. The van der Waals surface area contributed by atoms with Gasteiger partial charge in [-0.15, -0.1) is 0 Å². The fourth-order valence-corrected chi connectivity index (χ4v) is 4.41. The quantitative estimate of drug-likeness (QED) is 0.550. The Morgan fingerprint density at radius 1 is 0.969 bits per heavy atom. The van der Waals surface area contributed by atoms with Gasteiger partial charge in [0.05, 0.1) is 16.6 Å². The van der Waals surface area contributed by atoms with Crippen LogP contribution in [0.15, 0.2) is 77.7 Å². The molecule has 1 amide bonds. The molecule has 1 N–H and O–H groups in total. The van der Waals surface area contributed by atoms with Crippen LogP contribution in [0.2, 0.25) is 0 Å². The van der Waals surface area contributed by atoms with Crippen molar-refractivity contribution in [2.45, 2.75) is 31.7 Å². The lowest BCUT2D eigenvalue weighted by Gasteiger charge is -2.20. The van der Waals surface area contributed by atoms with Crippen LogP contribution in [0.1, 0.15) is 29.7 Å². The van der Waals surface area contributed by atoms with Gasteiger partial charge >= 0.3 is 0 Å². The summed E-state index contributed by atoms with van der Waals surface area (Å²) in [4.78, 5) is 12.5. The van der Waals surface area contributed by atoms with Gasteiger partial charge in [0, 0.05) is 7.05 Å². The highest BCUT2D eigenvalue weighted by molar-refractivity contribution is 7.92. The molecule has 7 heteroatoms. The monoisotopic (exact) mass is 452 g/mol. The molecule has 0 heterocycles. The number of carbonyl (C=O) groups excluding carboxylic acids is 1. The van der Waals surface area contributed by atoms with Crippen molar-refractivity contribution in [3.05, 3.63) is 89.5 Å². The summed E-state index contributed by atoms with van der Waals surface area (Å²) in [5, 5.41) is 2.93. The van der Waals surface area contributed by atoms with Gasteiger partial charge in [-0.1, -0.05) is 36.4 Å². The Morgan fingerprint density at radius 2 is 1.62 bits per heavy atom. The third kappa shape index (κ3) is 5.48. The molecule has 0 aliphatic rings. The fourth-order valence-electron chi connectivity index (χ4n) is 3.19. The van der Waals surface area contributed by atoms with Crippen LogP contribution >= 0.6 is 0 Å².